The van der Waals surface area contributed by atoms with Gasteiger partial charge in [0.25, 0.3) is 0 Å². The molecule has 1 rings (SSSR count). The molecule has 0 aliphatic carbocycles. The summed E-state index contributed by atoms with van der Waals surface area (Å²) in [6.45, 7) is 0.179. The SMILES string of the molecule is CN1C=CN(S(=O)(=O)O)C1.O=S(=O)(O)O. The second-order valence-corrected chi connectivity index (χ2v) is 4.77. The van der Waals surface area contributed by atoms with Gasteiger partial charge in [-0.2, -0.15) is 16.8 Å². The molecule has 1 heterocycles. The third kappa shape index (κ3) is 8.14. The lowest BCUT2D eigenvalue weighted by atomic mass is 10.9. The Morgan fingerprint density at radius 3 is 1.60 bits per heavy atom. The first-order chi connectivity index (χ1) is 6.50. The normalized spacial score (nSPS) is 16.3. The standard InChI is InChI=1S/C4H8N2O3S.H2O4S/c1-5-2-3-6(4-5)10(7,8)9;1-5(2,3)4/h2-3H,4H2,1H3,(H,7,8,9);(H2,1,2,3,4). The van der Waals surface area contributed by atoms with Gasteiger partial charge in [0.05, 0.1) is 0 Å². The first-order valence-electron chi connectivity index (χ1n) is 3.33. The summed E-state index contributed by atoms with van der Waals surface area (Å²) in [6.07, 6.45) is 2.86. The lowest BCUT2D eigenvalue weighted by Gasteiger charge is -2.13. The maximum atomic E-state index is 10.4. The van der Waals surface area contributed by atoms with Crippen LogP contribution in [0.25, 0.3) is 0 Å². The minimum Gasteiger partial charge on any atom is -0.361 e. The quantitative estimate of drug-likeness (QED) is 0.502. The molecule has 90 valence electrons. The van der Waals surface area contributed by atoms with E-state index in [1.165, 1.54) is 6.20 Å². The number of hydrogen-bond acceptors (Lipinski definition) is 5. The predicted octanol–water partition coefficient (Wildman–Crippen LogP) is -1.19. The molecule has 0 unspecified atom stereocenters. The van der Waals surface area contributed by atoms with Crippen molar-refractivity contribution >= 4 is 20.7 Å². The van der Waals surface area contributed by atoms with Crippen molar-refractivity contribution in [3.63, 3.8) is 0 Å². The Hall–Kier alpha value is -0.880. The number of hydrogen-bond donors (Lipinski definition) is 3. The van der Waals surface area contributed by atoms with Crippen LogP contribution in [-0.4, -0.2) is 53.4 Å². The van der Waals surface area contributed by atoms with Crippen LogP contribution in [-0.2, 0) is 20.7 Å². The van der Waals surface area contributed by atoms with Gasteiger partial charge >= 0.3 is 20.7 Å². The molecule has 0 aromatic rings. The van der Waals surface area contributed by atoms with Gasteiger partial charge in [-0.15, -0.1) is 0 Å². The molecule has 0 spiro atoms. The minimum absolute atomic E-state index is 0.179. The topological polar surface area (TPSA) is 135 Å². The molecule has 0 bridgehead atoms. The highest BCUT2D eigenvalue weighted by molar-refractivity contribution is 7.83. The molecule has 15 heavy (non-hydrogen) atoms. The van der Waals surface area contributed by atoms with E-state index in [1.807, 2.05) is 0 Å². The molecule has 0 atom stereocenters. The van der Waals surface area contributed by atoms with Gasteiger partial charge in [0.15, 0.2) is 0 Å². The highest BCUT2D eigenvalue weighted by atomic mass is 32.3. The first-order valence-corrected chi connectivity index (χ1v) is 6.12. The molecule has 0 saturated carbocycles. The van der Waals surface area contributed by atoms with E-state index in [4.69, 9.17) is 22.1 Å². The van der Waals surface area contributed by atoms with Gasteiger partial charge in [0.1, 0.15) is 6.67 Å². The van der Waals surface area contributed by atoms with Crippen molar-refractivity contribution in [1.82, 2.24) is 9.21 Å². The van der Waals surface area contributed by atoms with E-state index in [1.54, 1.807) is 18.1 Å². The molecule has 0 amide bonds. The lowest BCUT2D eigenvalue weighted by molar-refractivity contribution is 0.349. The minimum atomic E-state index is -4.67. The van der Waals surface area contributed by atoms with Crippen molar-refractivity contribution < 1.29 is 30.5 Å². The Labute approximate surface area is 87.1 Å². The zero-order valence-corrected chi connectivity index (χ0v) is 9.18. The summed E-state index contributed by atoms with van der Waals surface area (Å²) in [5.74, 6) is 0. The average Bonchev–Trinajstić information content (AvgIpc) is 2.29. The third-order valence-electron chi connectivity index (χ3n) is 1.15. The molecule has 3 N–H and O–H groups in total. The summed E-state index contributed by atoms with van der Waals surface area (Å²) in [6, 6.07) is 0. The second-order valence-electron chi connectivity index (χ2n) is 2.51. The van der Waals surface area contributed by atoms with Crippen molar-refractivity contribution in [3.05, 3.63) is 12.4 Å². The van der Waals surface area contributed by atoms with E-state index >= 15 is 0 Å². The Morgan fingerprint density at radius 2 is 1.47 bits per heavy atom. The monoisotopic (exact) mass is 262 g/mol. The largest absolute Gasteiger partial charge is 0.394 e. The van der Waals surface area contributed by atoms with Crippen LogP contribution in [0.2, 0.25) is 0 Å². The van der Waals surface area contributed by atoms with E-state index in [0.29, 0.717) is 0 Å². The van der Waals surface area contributed by atoms with Gasteiger partial charge in [0, 0.05) is 19.4 Å². The third-order valence-corrected chi connectivity index (χ3v) is 1.98. The van der Waals surface area contributed by atoms with E-state index < -0.39 is 20.7 Å². The van der Waals surface area contributed by atoms with Gasteiger partial charge in [-0.25, -0.2) is 4.31 Å². The Kier molecular flexibility index (Phi) is 4.48. The van der Waals surface area contributed by atoms with Crippen LogP contribution < -0.4 is 0 Å². The molecule has 1 aliphatic rings. The Bertz CT molecular complexity index is 416. The van der Waals surface area contributed by atoms with Crippen LogP contribution in [0, 0.1) is 0 Å². The Morgan fingerprint density at radius 1 is 1.07 bits per heavy atom. The van der Waals surface area contributed by atoms with Gasteiger partial charge < -0.3 is 4.90 Å². The fourth-order valence-corrected chi connectivity index (χ4v) is 1.19. The fourth-order valence-electron chi connectivity index (χ4n) is 0.652. The van der Waals surface area contributed by atoms with Gasteiger partial charge in [-0.3, -0.25) is 13.7 Å². The van der Waals surface area contributed by atoms with Crippen LogP contribution in [0.4, 0.5) is 0 Å². The molecular formula is C4H10N2O7S2. The first kappa shape index (κ1) is 14.1. The highest BCUT2D eigenvalue weighted by Crippen LogP contribution is 2.06. The smallest absolute Gasteiger partial charge is 0.361 e. The van der Waals surface area contributed by atoms with Gasteiger partial charge in [0.2, 0.25) is 0 Å². The van der Waals surface area contributed by atoms with E-state index in [2.05, 4.69) is 0 Å². The molecule has 11 heteroatoms. The van der Waals surface area contributed by atoms with Crippen molar-refractivity contribution in [2.45, 2.75) is 0 Å². The van der Waals surface area contributed by atoms with Crippen molar-refractivity contribution in [1.29, 1.82) is 0 Å². The highest BCUT2D eigenvalue weighted by Gasteiger charge is 2.18. The lowest BCUT2D eigenvalue weighted by Crippen LogP contribution is -2.27. The summed E-state index contributed by atoms with van der Waals surface area (Å²) in [5.41, 5.74) is 0. The average molecular weight is 262 g/mol. The second kappa shape index (κ2) is 4.76. The molecule has 0 fully saturated rings. The van der Waals surface area contributed by atoms with Crippen LogP contribution in [0.1, 0.15) is 0 Å². The maximum absolute atomic E-state index is 10.4. The summed E-state index contributed by atoms with van der Waals surface area (Å²) in [4.78, 5) is 1.63. The summed E-state index contributed by atoms with van der Waals surface area (Å²) >= 11 is 0. The van der Waals surface area contributed by atoms with Crippen molar-refractivity contribution in [2.75, 3.05) is 13.7 Å². The molecule has 1 aliphatic heterocycles. The van der Waals surface area contributed by atoms with Gasteiger partial charge in [-0.1, -0.05) is 0 Å². The zero-order valence-electron chi connectivity index (χ0n) is 7.55. The molecule has 0 aromatic heterocycles. The van der Waals surface area contributed by atoms with E-state index in [0.717, 1.165) is 4.31 Å². The van der Waals surface area contributed by atoms with Gasteiger partial charge in [-0.05, 0) is 0 Å². The maximum Gasteiger partial charge on any atom is 0.394 e. The van der Waals surface area contributed by atoms with E-state index in [-0.39, 0.29) is 6.67 Å². The fraction of sp³-hybridized carbons (Fsp3) is 0.500. The zero-order chi connectivity index (χ0) is 12.3. The van der Waals surface area contributed by atoms with Crippen LogP contribution in [0.15, 0.2) is 12.4 Å². The van der Waals surface area contributed by atoms with Crippen LogP contribution >= 0.6 is 0 Å². The molecule has 9 nitrogen and oxygen atoms in total. The number of nitrogens with zero attached hydrogens (tertiary/aromatic N) is 2. The number of rotatable bonds is 1. The summed E-state index contributed by atoms with van der Waals surface area (Å²) in [5, 5.41) is 0. The van der Waals surface area contributed by atoms with Crippen molar-refractivity contribution in [2.24, 2.45) is 0 Å². The van der Waals surface area contributed by atoms with Crippen LogP contribution in [0.5, 0.6) is 0 Å². The molecule has 0 aromatic carbocycles. The summed E-state index contributed by atoms with van der Waals surface area (Å²) in [7, 11) is -6.99. The van der Waals surface area contributed by atoms with E-state index in [9.17, 15) is 8.42 Å². The molecular weight excluding hydrogens is 252 g/mol. The van der Waals surface area contributed by atoms with Crippen LogP contribution in [0.3, 0.4) is 0 Å². The van der Waals surface area contributed by atoms with Crippen molar-refractivity contribution in [3.8, 4) is 0 Å². The Balaban J connectivity index is 0.000000336. The molecule has 0 radical (unpaired) electrons. The predicted molar refractivity (Wildman–Crippen MR) is 49.3 cm³/mol. The summed E-state index contributed by atoms with van der Waals surface area (Å²) < 4.78 is 61.6. The molecule has 0 saturated heterocycles.